The first-order chi connectivity index (χ1) is 18.6. The molecule has 1 aromatic heterocycles. The Balaban J connectivity index is 1.31. The zero-order valence-corrected chi connectivity index (χ0v) is 22.2. The van der Waals surface area contributed by atoms with Crippen molar-refractivity contribution in [1.29, 1.82) is 0 Å². The van der Waals surface area contributed by atoms with Crippen LogP contribution >= 0.6 is 0 Å². The summed E-state index contributed by atoms with van der Waals surface area (Å²) >= 11 is 0. The van der Waals surface area contributed by atoms with Crippen molar-refractivity contribution in [2.24, 2.45) is 11.7 Å². The van der Waals surface area contributed by atoms with Gasteiger partial charge in [0.2, 0.25) is 5.91 Å². The van der Waals surface area contributed by atoms with Crippen molar-refractivity contribution in [2.75, 3.05) is 5.32 Å². The molecule has 8 nitrogen and oxygen atoms in total. The number of nitrogens with two attached hydrogens (primary N) is 1. The van der Waals surface area contributed by atoms with Gasteiger partial charge in [-0.15, -0.1) is 0 Å². The smallest absolute Gasteiger partial charge is 0.404 e. The number of pyridine rings is 1. The maximum absolute atomic E-state index is 12.9. The summed E-state index contributed by atoms with van der Waals surface area (Å²) in [7, 11) is 0. The van der Waals surface area contributed by atoms with Crippen LogP contribution in [0.4, 0.5) is 10.6 Å². The zero-order chi connectivity index (χ0) is 27.6. The monoisotopic (exact) mass is 528 g/mol. The maximum atomic E-state index is 12.9. The Bertz CT molecular complexity index is 1320. The number of hydrogen-bond donors (Lipinski definition) is 5. The lowest BCUT2D eigenvalue weighted by Crippen LogP contribution is -2.58. The SMILES string of the molecule is C[C@]1(O)C[C@@](N)(c2ccc(-c3cnc(NC(=O)CC4CCC(NC(=O)O)CC4)cc3-c3ccccc3)cc2)C1. The van der Waals surface area contributed by atoms with Crippen molar-refractivity contribution in [2.45, 2.75) is 69.1 Å². The van der Waals surface area contributed by atoms with E-state index in [1.54, 1.807) is 6.20 Å². The first kappa shape index (κ1) is 26.8. The molecular formula is C31H36N4O4. The summed E-state index contributed by atoms with van der Waals surface area (Å²) in [6.07, 6.45) is 5.39. The van der Waals surface area contributed by atoms with Crippen LogP contribution < -0.4 is 16.4 Å². The molecule has 2 amide bonds. The minimum atomic E-state index is -0.994. The van der Waals surface area contributed by atoms with E-state index in [0.29, 0.717) is 25.1 Å². The third-order valence-electron chi connectivity index (χ3n) is 8.07. The van der Waals surface area contributed by atoms with Crippen LogP contribution in [-0.2, 0) is 10.3 Å². The third-order valence-corrected chi connectivity index (χ3v) is 8.07. The summed E-state index contributed by atoms with van der Waals surface area (Å²) in [6, 6.07) is 20.0. The highest BCUT2D eigenvalue weighted by Gasteiger charge is 2.49. The number of nitrogens with zero attached hydrogens (tertiary/aromatic N) is 1. The van der Waals surface area contributed by atoms with Gasteiger partial charge in [-0.05, 0) is 79.7 Å². The van der Waals surface area contributed by atoms with Crippen molar-refractivity contribution in [1.82, 2.24) is 10.3 Å². The van der Waals surface area contributed by atoms with Crippen molar-refractivity contribution in [3.8, 4) is 22.3 Å². The second-order valence-corrected chi connectivity index (χ2v) is 11.5. The van der Waals surface area contributed by atoms with E-state index in [2.05, 4.69) is 15.6 Å². The molecular weight excluding hydrogens is 492 g/mol. The molecule has 0 saturated heterocycles. The number of carbonyl (C=O) groups is 2. The summed E-state index contributed by atoms with van der Waals surface area (Å²) < 4.78 is 0. The molecule has 5 rings (SSSR count). The van der Waals surface area contributed by atoms with Crippen molar-refractivity contribution >= 4 is 17.8 Å². The number of amides is 2. The van der Waals surface area contributed by atoms with Crippen molar-refractivity contribution in [3.63, 3.8) is 0 Å². The van der Waals surface area contributed by atoms with E-state index in [-0.39, 0.29) is 17.9 Å². The summed E-state index contributed by atoms with van der Waals surface area (Å²) in [5.74, 6) is 0.643. The normalized spacial score (nSPS) is 26.3. The average Bonchev–Trinajstić information content (AvgIpc) is 2.89. The second kappa shape index (κ2) is 10.8. The molecule has 0 spiro atoms. The molecule has 2 saturated carbocycles. The van der Waals surface area contributed by atoms with E-state index in [4.69, 9.17) is 10.8 Å². The average molecular weight is 529 g/mol. The van der Waals surface area contributed by atoms with Gasteiger partial charge in [-0.25, -0.2) is 9.78 Å². The number of aromatic nitrogens is 1. The van der Waals surface area contributed by atoms with Crippen LogP contribution in [0.1, 0.15) is 57.4 Å². The van der Waals surface area contributed by atoms with Gasteiger partial charge < -0.3 is 26.6 Å². The van der Waals surface area contributed by atoms with E-state index in [1.165, 1.54) is 0 Å². The lowest BCUT2D eigenvalue weighted by atomic mass is 9.63. The quantitative estimate of drug-likeness (QED) is 0.283. The molecule has 0 bridgehead atoms. The molecule has 0 radical (unpaired) electrons. The van der Waals surface area contributed by atoms with Crippen LogP contribution in [0, 0.1) is 5.92 Å². The predicted molar refractivity (Wildman–Crippen MR) is 151 cm³/mol. The number of benzene rings is 2. The molecule has 1 heterocycles. The number of hydrogen-bond acceptors (Lipinski definition) is 5. The van der Waals surface area contributed by atoms with E-state index < -0.39 is 17.2 Å². The molecule has 0 unspecified atom stereocenters. The summed E-state index contributed by atoms with van der Waals surface area (Å²) in [5.41, 5.74) is 10.2. The maximum Gasteiger partial charge on any atom is 0.404 e. The molecule has 2 aliphatic rings. The first-order valence-corrected chi connectivity index (χ1v) is 13.6. The fourth-order valence-electron chi connectivity index (χ4n) is 6.25. The van der Waals surface area contributed by atoms with Crippen LogP contribution in [0.3, 0.4) is 0 Å². The van der Waals surface area contributed by atoms with Gasteiger partial charge in [0.05, 0.1) is 5.60 Å². The number of nitrogens with one attached hydrogen (secondary N) is 2. The van der Waals surface area contributed by atoms with Gasteiger partial charge in [0.1, 0.15) is 5.82 Å². The summed E-state index contributed by atoms with van der Waals surface area (Å²) in [4.78, 5) is 28.3. The van der Waals surface area contributed by atoms with Gasteiger partial charge in [-0.2, -0.15) is 0 Å². The molecule has 6 N–H and O–H groups in total. The third kappa shape index (κ3) is 6.29. The van der Waals surface area contributed by atoms with Crippen LogP contribution in [0.2, 0.25) is 0 Å². The number of anilines is 1. The van der Waals surface area contributed by atoms with E-state index in [0.717, 1.165) is 53.5 Å². The van der Waals surface area contributed by atoms with Gasteiger partial charge in [-0.3, -0.25) is 4.79 Å². The largest absolute Gasteiger partial charge is 0.465 e. The molecule has 3 aromatic rings. The highest BCUT2D eigenvalue weighted by molar-refractivity contribution is 5.92. The lowest BCUT2D eigenvalue weighted by Gasteiger charge is -2.49. The number of aliphatic hydroxyl groups is 1. The van der Waals surface area contributed by atoms with E-state index >= 15 is 0 Å². The molecule has 204 valence electrons. The molecule has 2 aromatic carbocycles. The fourth-order valence-corrected chi connectivity index (χ4v) is 6.25. The molecule has 8 heteroatoms. The Kier molecular flexibility index (Phi) is 7.42. The van der Waals surface area contributed by atoms with E-state index in [9.17, 15) is 14.7 Å². The topological polar surface area (TPSA) is 138 Å². The predicted octanol–water partition coefficient (Wildman–Crippen LogP) is 5.27. The summed E-state index contributed by atoms with van der Waals surface area (Å²) in [5, 5.41) is 24.6. The van der Waals surface area contributed by atoms with Gasteiger partial charge in [0.15, 0.2) is 0 Å². The summed E-state index contributed by atoms with van der Waals surface area (Å²) in [6.45, 7) is 1.81. The van der Waals surface area contributed by atoms with Crippen LogP contribution in [0.5, 0.6) is 0 Å². The van der Waals surface area contributed by atoms with Gasteiger partial charge in [-0.1, -0.05) is 54.6 Å². The Morgan fingerprint density at radius 2 is 1.62 bits per heavy atom. The van der Waals surface area contributed by atoms with Crippen molar-refractivity contribution in [3.05, 3.63) is 72.4 Å². The van der Waals surface area contributed by atoms with Crippen LogP contribution in [-0.4, -0.2) is 38.8 Å². The highest BCUT2D eigenvalue weighted by atomic mass is 16.4. The molecule has 2 aliphatic carbocycles. The Labute approximate surface area is 228 Å². The minimum absolute atomic E-state index is 0.0301. The molecule has 39 heavy (non-hydrogen) atoms. The Morgan fingerprint density at radius 3 is 2.23 bits per heavy atom. The first-order valence-electron chi connectivity index (χ1n) is 13.6. The van der Waals surface area contributed by atoms with E-state index in [1.807, 2.05) is 67.6 Å². The second-order valence-electron chi connectivity index (χ2n) is 11.5. The number of carbonyl (C=O) groups excluding carboxylic acids is 1. The van der Waals surface area contributed by atoms with Crippen molar-refractivity contribution < 1.29 is 19.8 Å². The Morgan fingerprint density at radius 1 is 0.974 bits per heavy atom. The number of carboxylic acid groups (broad SMARTS) is 1. The molecule has 2 fully saturated rings. The lowest BCUT2D eigenvalue weighted by molar-refractivity contribution is -0.117. The van der Waals surface area contributed by atoms with Crippen LogP contribution in [0.25, 0.3) is 22.3 Å². The standard InChI is InChI=1S/C31H36N4O4/c1-30(39)18-31(32,19-30)23-11-9-22(10-12-23)26-17-33-27(16-25(26)21-5-3-2-4-6-21)35-28(36)15-20-7-13-24(14-8-20)34-29(37)38/h2-6,9-12,16-17,20,24,34,39H,7-8,13-15,18-19,32H2,1H3,(H,37,38)(H,33,35,36)/t20?,24?,30-,31-. The minimum Gasteiger partial charge on any atom is -0.465 e. The van der Waals surface area contributed by atoms with Gasteiger partial charge in [0.25, 0.3) is 0 Å². The fraction of sp³-hybridized carbons (Fsp3) is 0.387. The van der Waals surface area contributed by atoms with Gasteiger partial charge >= 0.3 is 6.09 Å². The molecule has 0 atom stereocenters. The zero-order valence-electron chi connectivity index (χ0n) is 22.2. The van der Waals surface area contributed by atoms with Gasteiger partial charge in [0, 0.05) is 29.8 Å². The Hall–Kier alpha value is -3.75. The highest BCUT2D eigenvalue weighted by Crippen LogP contribution is 2.46. The molecule has 0 aliphatic heterocycles. The number of rotatable bonds is 7. The van der Waals surface area contributed by atoms with Crippen LogP contribution in [0.15, 0.2) is 66.9 Å².